The SMILES string of the molecule is O=c1c(Cl)c(-c2cn(Cc3ccc(Cl)c(Cl)c3)c3ccccc23)c1=O. The lowest BCUT2D eigenvalue weighted by molar-refractivity contribution is 0.837. The highest BCUT2D eigenvalue weighted by molar-refractivity contribution is 6.42. The van der Waals surface area contributed by atoms with Gasteiger partial charge < -0.3 is 4.57 Å². The molecule has 0 amide bonds. The van der Waals surface area contributed by atoms with E-state index in [1.165, 1.54) is 0 Å². The molecule has 4 aromatic rings. The van der Waals surface area contributed by atoms with Crippen LogP contribution in [0.15, 0.2) is 58.3 Å². The van der Waals surface area contributed by atoms with Gasteiger partial charge in [-0.15, -0.1) is 0 Å². The Hall–Kier alpha value is -2.07. The number of hydrogen-bond donors (Lipinski definition) is 0. The van der Waals surface area contributed by atoms with Crippen LogP contribution in [0.25, 0.3) is 22.0 Å². The molecule has 0 saturated heterocycles. The Balaban J connectivity index is 1.87. The smallest absolute Gasteiger partial charge is 0.245 e. The number of nitrogens with zero attached hydrogens (tertiary/aromatic N) is 1. The molecule has 0 fully saturated rings. The number of aromatic nitrogens is 1. The first-order chi connectivity index (χ1) is 12.0. The molecular weight excluding hydrogens is 381 g/mol. The minimum absolute atomic E-state index is 0.00226. The molecule has 1 heterocycles. The zero-order valence-electron chi connectivity index (χ0n) is 12.7. The van der Waals surface area contributed by atoms with E-state index in [0.29, 0.717) is 22.2 Å². The molecular formula is C19H10Cl3NO2. The summed E-state index contributed by atoms with van der Waals surface area (Å²) in [5.41, 5.74) is 1.70. The van der Waals surface area contributed by atoms with Crippen LogP contribution < -0.4 is 10.9 Å². The minimum atomic E-state index is -0.627. The zero-order chi connectivity index (χ0) is 17.7. The first-order valence-electron chi connectivity index (χ1n) is 7.48. The summed E-state index contributed by atoms with van der Waals surface area (Å²) in [5.74, 6) is 0. The third-order valence-electron chi connectivity index (χ3n) is 4.25. The van der Waals surface area contributed by atoms with E-state index >= 15 is 0 Å². The Morgan fingerprint density at radius 1 is 0.880 bits per heavy atom. The van der Waals surface area contributed by atoms with Crippen LogP contribution in [0, 0.1) is 0 Å². The minimum Gasteiger partial charge on any atom is -0.342 e. The Morgan fingerprint density at radius 2 is 1.64 bits per heavy atom. The molecule has 124 valence electrons. The van der Waals surface area contributed by atoms with Gasteiger partial charge in [-0.05, 0) is 23.8 Å². The van der Waals surface area contributed by atoms with Gasteiger partial charge in [-0.25, -0.2) is 0 Å². The normalized spacial score (nSPS) is 11.5. The molecule has 25 heavy (non-hydrogen) atoms. The maximum atomic E-state index is 11.9. The molecule has 0 atom stereocenters. The van der Waals surface area contributed by atoms with Crippen LogP contribution in [0.3, 0.4) is 0 Å². The summed E-state index contributed by atoms with van der Waals surface area (Å²) >= 11 is 18.0. The Morgan fingerprint density at radius 3 is 2.36 bits per heavy atom. The van der Waals surface area contributed by atoms with Crippen LogP contribution in [0.2, 0.25) is 15.1 Å². The zero-order valence-corrected chi connectivity index (χ0v) is 15.0. The predicted molar refractivity (Wildman–Crippen MR) is 103 cm³/mol. The number of benzene rings is 2. The van der Waals surface area contributed by atoms with E-state index in [0.717, 1.165) is 16.5 Å². The van der Waals surface area contributed by atoms with Crippen LogP contribution in [-0.4, -0.2) is 4.57 Å². The molecule has 4 rings (SSSR count). The molecule has 6 heteroatoms. The van der Waals surface area contributed by atoms with Crippen molar-refractivity contribution < 1.29 is 0 Å². The summed E-state index contributed by atoms with van der Waals surface area (Å²) in [5, 5.41) is 1.86. The van der Waals surface area contributed by atoms with Gasteiger partial charge in [-0.3, -0.25) is 9.59 Å². The third kappa shape index (κ3) is 2.60. The highest BCUT2D eigenvalue weighted by atomic mass is 35.5. The average Bonchev–Trinajstić information content (AvgIpc) is 2.96. The van der Waals surface area contributed by atoms with Gasteiger partial charge in [0.1, 0.15) is 5.02 Å². The van der Waals surface area contributed by atoms with E-state index in [4.69, 9.17) is 34.8 Å². The lowest BCUT2D eigenvalue weighted by Gasteiger charge is -2.07. The summed E-state index contributed by atoms with van der Waals surface area (Å²) in [7, 11) is 0. The second kappa shape index (κ2) is 6.03. The molecule has 0 aliphatic rings. The van der Waals surface area contributed by atoms with Crippen molar-refractivity contribution in [2.24, 2.45) is 0 Å². The first-order valence-corrected chi connectivity index (χ1v) is 8.61. The van der Waals surface area contributed by atoms with E-state index in [2.05, 4.69) is 0 Å². The summed E-state index contributed by atoms with van der Waals surface area (Å²) < 4.78 is 2.00. The Kier molecular flexibility index (Phi) is 3.95. The van der Waals surface area contributed by atoms with E-state index in [1.807, 2.05) is 47.2 Å². The van der Waals surface area contributed by atoms with Crippen LogP contribution in [-0.2, 0) is 6.54 Å². The summed E-state index contributed by atoms with van der Waals surface area (Å²) in [6.45, 7) is 0.546. The molecule has 0 spiro atoms. The van der Waals surface area contributed by atoms with E-state index < -0.39 is 10.9 Å². The fourth-order valence-electron chi connectivity index (χ4n) is 3.02. The highest BCUT2D eigenvalue weighted by Crippen LogP contribution is 2.33. The summed E-state index contributed by atoms with van der Waals surface area (Å²) in [6.07, 6.45) is 1.84. The number of fused-ring (bicyclic) bond motifs is 1. The van der Waals surface area contributed by atoms with E-state index in [9.17, 15) is 9.59 Å². The molecule has 0 bridgehead atoms. The maximum absolute atomic E-state index is 11.9. The Labute approximate surface area is 157 Å². The van der Waals surface area contributed by atoms with Crippen LogP contribution in [0.4, 0.5) is 0 Å². The van der Waals surface area contributed by atoms with Crippen molar-refractivity contribution in [2.45, 2.75) is 6.54 Å². The fourth-order valence-corrected chi connectivity index (χ4v) is 3.61. The van der Waals surface area contributed by atoms with Crippen LogP contribution in [0.1, 0.15) is 5.56 Å². The molecule has 0 aliphatic heterocycles. The molecule has 0 N–H and O–H groups in total. The molecule has 0 radical (unpaired) electrons. The summed E-state index contributed by atoms with van der Waals surface area (Å²) in [4.78, 5) is 23.4. The second-order valence-corrected chi connectivity index (χ2v) is 6.98. The average molecular weight is 391 g/mol. The summed E-state index contributed by atoms with van der Waals surface area (Å²) in [6, 6.07) is 13.1. The largest absolute Gasteiger partial charge is 0.342 e. The van der Waals surface area contributed by atoms with Gasteiger partial charge in [0.05, 0.1) is 15.6 Å². The highest BCUT2D eigenvalue weighted by Gasteiger charge is 2.23. The van der Waals surface area contributed by atoms with Gasteiger partial charge in [0.25, 0.3) is 0 Å². The van der Waals surface area contributed by atoms with Gasteiger partial charge in [0.15, 0.2) is 0 Å². The molecule has 0 aliphatic carbocycles. The molecule has 3 nitrogen and oxygen atoms in total. The maximum Gasteiger partial charge on any atom is 0.245 e. The molecule has 1 aromatic heterocycles. The van der Waals surface area contributed by atoms with E-state index in [-0.39, 0.29) is 10.6 Å². The van der Waals surface area contributed by atoms with Crippen molar-refractivity contribution in [2.75, 3.05) is 0 Å². The van der Waals surface area contributed by atoms with Crippen LogP contribution in [0.5, 0.6) is 0 Å². The third-order valence-corrected chi connectivity index (χ3v) is 5.35. The van der Waals surface area contributed by atoms with Crippen molar-refractivity contribution in [1.82, 2.24) is 4.57 Å². The van der Waals surface area contributed by atoms with Crippen LogP contribution >= 0.6 is 34.8 Å². The van der Waals surface area contributed by atoms with Gasteiger partial charge in [-0.2, -0.15) is 0 Å². The molecule has 0 saturated carbocycles. The van der Waals surface area contributed by atoms with Gasteiger partial charge in [0.2, 0.25) is 10.9 Å². The predicted octanol–water partition coefficient (Wildman–Crippen LogP) is 4.91. The molecule has 0 unspecified atom stereocenters. The fraction of sp³-hybridized carbons (Fsp3) is 0.0526. The standard InChI is InChI=1S/C19H10Cl3NO2/c20-13-6-5-10(7-14(13)21)8-23-9-12(11-3-1-2-4-15(11)23)16-17(22)19(25)18(16)24/h1-7,9H,8H2. The van der Waals surface area contributed by atoms with Gasteiger partial charge in [0, 0.05) is 29.2 Å². The van der Waals surface area contributed by atoms with E-state index in [1.54, 1.807) is 6.07 Å². The number of para-hydroxylation sites is 1. The topological polar surface area (TPSA) is 39.1 Å². The number of rotatable bonds is 3. The lowest BCUT2D eigenvalue weighted by atomic mass is 10.0. The lowest BCUT2D eigenvalue weighted by Crippen LogP contribution is -2.33. The second-order valence-electron chi connectivity index (χ2n) is 5.78. The quantitative estimate of drug-likeness (QED) is 0.466. The van der Waals surface area contributed by atoms with Gasteiger partial charge >= 0.3 is 0 Å². The molecule has 3 aromatic carbocycles. The number of halogens is 3. The van der Waals surface area contributed by atoms with Crippen molar-refractivity contribution in [1.29, 1.82) is 0 Å². The van der Waals surface area contributed by atoms with Crippen molar-refractivity contribution >= 4 is 45.7 Å². The number of hydrogen-bond acceptors (Lipinski definition) is 2. The van der Waals surface area contributed by atoms with Crippen molar-refractivity contribution in [3.63, 3.8) is 0 Å². The van der Waals surface area contributed by atoms with Crippen molar-refractivity contribution in [3.8, 4) is 11.1 Å². The van der Waals surface area contributed by atoms with Gasteiger partial charge in [-0.1, -0.05) is 59.1 Å². The first kappa shape index (κ1) is 16.4. The monoisotopic (exact) mass is 389 g/mol. The Bertz CT molecular complexity index is 1200. The van der Waals surface area contributed by atoms with Crippen molar-refractivity contribution in [3.05, 3.63) is 89.7 Å².